The molecule has 1 saturated carbocycles. The Bertz CT molecular complexity index is 399. The predicted octanol–water partition coefficient (Wildman–Crippen LogP) is 1.92. The van der Waals surface area contributed by atoms with Gasteiger partial charge in [0.1, 0.15) is 0 Å². The predicted molar refractivity (Wildman–Crippen MR) is 68.8 cm³/mol. The van der Waals surface area contributed by atoms with Crippen LogP contribution in [0, 0.1) is 6.92 Å². The van der Waals surface area contributed by atoms with Crippen LogP contribution in [0.15, 0.2) is 24.3 Å². The Kier molecular flexibility index (Phi) is 3.79. The van der Waals surface area contributed by atoms with Gasteiger partial charge in [0.05, 0.1) is 6.54 Å². The van der Waals surface area contributed by atoms with Crippen molar-refractivity contribution >= 4 is 5.91 Å². The van der Waals surface area contributed by atoms with Gasteiger partial charge in [0, 0.05) is 12.1 Å². The van der Waals surface area contributed by atoms with Crippen molar-refractivity contribution < 1.29 is 4.79 Å². The summed E-state index contributed by atoms with van der Waals surface area (Å²) in [4.78, 5) is 11.5. The lowest BCUT2D eigenvalue weighted by Crippen LogP contribution is -2.36. The van der Waals surface area contributed by atoms with Crippen LogP contribution in [0.3, 0.4) is 0 Å². The third kappa shape index (κ3) is 3.86. The second kappa shape index (κ2) is 5.32. The van der Waals surface area contributed by atoms with Gasteiger partial charge in [0.25, 0.3) is 0 Å². The zero-order valence-corrected chi connectivity index (χ0v) is 10.5. The standard InChI is InChI=1S/C14H20N2O/c1-10-4-3-5-12(8-10)11(2)15-9-14(17)16-13-6-7-13/h3-5,8,11,13,15H,6-7,9H2,1-2H3,(H,16,17)/t11-/m0/s1. The topological polar surface area (TPSA) is 41.1 Å². The van der Waals surface area contributed by atoms with Crippen molar-refractivity contribution in [3.8, 4) is 0 Å². The zero-order valence-electron chi connectivity index (χ0n) is 10.5. The van der Waals surface area contributed by atoms with E-state index in [1.54, 1.807) is 0 Å². The van der Waals surface area contributed by atoms with Gasteiger partial charge in [0.2, 0.25) is 5.91 Å². The number of hydrogen-bond acceptors (Lipinski definition) is 2. The Balaban J connectivity index is 1.79. The third-order valence-electron chi connectivity index (χ3n) is 3.05. The van der Waals surface area contributed by atoms with Gasteiger partial charge in [-0.2, -0.15) is 0 Å². The second-order valence-electron chi connectivity index (χ2n) is 4.86. The number of hydrogen-bond donors (Lipinski definition) is 2. The van der Waals surface area contributed by atoms with Crippen LogP contribution >= 0.6 is 0 Å². The van der Waals surface area contributed by atoms with Gasteiger partial charge in [-0.1, -0.05) is 29.8 Å². The molecule has 0 bridgehead atoms. The van der Waals surface area contributed by atoms with Crippen LogP contribution in [0.5, 0.6) is 0 Å². The van der Waals surface area contributed by atoms with Crippen molar-refractivity contribution in [2.24, 2.45) is 0 Å². The summed E-state index contributed by atoms with van der Waals surface area (Å²) in [5.74, 6) is 0.104. The molecule has 3 nitrogen and oxygen atoms in total. The molecular weight excluding hydrogens is 212 g/mol. The van der Waals surface area contributed by atoms with Crippen molar-refractivity contribution in [2.75, 3.05) is 6.54 Å². The Morgan fingerprint density at radius 2 is 2.24 bits per heavy atom. The lowest BCUT2D eigenvalue weighted by molar-refractivity contribution is -0.120. The highest BCUT2D eigenvalue weighted by Gasteiger charge is 2.23. The van der Waals surface area contributed by atoms with Gasteiger partial charge in [-0.3, -0.25) is 4.79 Å². The van der Waals surface area contributed by atoms with E-state index < -0.39 is 0 Å². The molecule has 2 rings (SSSR count). The number of nitrogens with one attached hydrogen (secondary N) is 2. The maximum Gasteiger partial charge on any atom is 0.234 e. The molecule has 1 fully saturated rings. The molecule has 2 N–H and O–H groups in total. The number of carbonyl (C=O) groups excluding carboxylic acids is 1. The van der Waals surface area contributed by atoms with E-state index in [1.807, 2.05) is 6.07 Å². The van der Waals surface area contributed by atoms with E-state index in [0.717, 1.165) is 12.8 Å². The summed E-state index contributed by atoms with van der Waals surface area (Å²) >= 11 is 0. The van der Waals surface area contributed by atoms with E-state index in [9.17, 15) is 4.79 Å². The van der Waals surface area contributed by atoms with Crippen LogP contribution in [0.4, 0.5) is 0 Å². The Labute approximate surface area is 103 Å². The largest absolute Gasteiger partial charge is 0.352 e. The molecule has 0 spiro atoms. The van der Waals surface area contributed by atoms with Crippen molar-refractivity contribution in [1.82, 2.24) is 10.6 Å². The first-order valence-corrected chi connectivity index (χ1v) is 6.24. The summed E-state index contributed by atoms with van der Waals surface area (Å²) in [7, 11) is 0. The molecule has 0 radical (unpaired) electrons. The van der Waals surface area contributed by atoms with Gasteiger partial charge in [-0.05, 0) is 32.3 Å². The third-order valence-corrected chi connectivity index (χ3v) is 3.05. The SMILES string of the molecule is Cc1cccc([C@H](C)NCC(=O)NC2CC2)c1. The minimum atomic E-state index is 0.104. The van der Waals surface area contributed by atoms with Crippen LogP contribution < -0.4 is 10.6 Å². The quantitative estimate of drug-likeness (QED) is 0.814. The van der Waals surface area contributed by atoms with Crippen molar-refractivity contribution in [3.63, 3.8) is 0 Å². The smallest absolute Gasteiger partial charge is 0.234 e. The van der Waals surface area contributed by atoms with E-state index in [0.29, 0.717) is 12.6 Å². The van der Waals surface area contributed by atoms with Crippen molar-refractivity contribution in [2.45, 2.75) is 38.8 Å². The fraction of sp³-hybridized carbons (Fsp3) is 0.500. The van der Waals surface area contributed by atoms with Crippen LogP contribution in [0.2, 0.25) is 0 Å². The Morgan fingerprint density at radius 3 is 2.88 bits per heavy atom. The second-order valence-corrected chi connectivity index (χ2v) is 4.86. The summed E-state index contributed by atoms with van der Waals surface area (Å²) in [6.45, 7) is 4.56. The van der Waals surface area contributed by atoms with Crippen LogP contribution in [-0.4, -0.2) is 18.5 Å². The highest BCUT2D eigenvalue weighted by molar-refractivity contribution is 5.78. The number of benzene rings is 1. The maximum atomic E-state index is 11.5. The molecule has 0 aliphatic heterocycles. The van der Waals surface area contributed by atoms with E-state index in [-0.39, 0.29) is 11.9 Å². The van der Waals surface area contributed by atoms with Gasteiger partial charge in [-0.25, -0.2) is 0 Å². The van der Waals surface area contributed by atoms with E-state index >= 15 is 0 Å². The highest BCUT2D eigenvalue weighted by Crippen LogP contribution is 2.18. The average molecular weight is 232 g/mol. The monoisotopic (exact) mass is 232 g/mol. The number of carbonyl (C=O) groups is 1. The van der Waals surface area contributed by atoms with Gasteiger partial charge >= 0.3 is 0 Å². The molecule has 17 heavy (non-hydrogen) atoms. The fourth-order valence-corrected chi connectivity index (χ4v) is 1.81. The molecule has 1 aromatic rings. The Hall–Kier alpha value is -1.35. The highest BCUT2D eigenvalue weighted by atomic mass is 16.2. The van der Waals surface area contributed by atoms with Gasteiger partial charge in [0.15, 0.2) is 0 Å². The van der Waals surface area contributed by atoms with Crippen molar-refractivity contribution in [3.05, 3.63) is 35.4 Å². The van der Waals surface area contributed by atoms with Crippen molar-refractivity contribution in [1.29, 1.82) is 0 Å². The van der Waals surface area contributed by atoms with Gasteiger partial charge in [-0.15, -0.1) is 0 Å². The summed E-state index contributed by atoms with van der Waals surface area (Å²) in [6.07, 6.45) is 2.28. The molecule has 3 heteroatoms. The average Bonchev–Trinajstić information content (AvgIpc) is 3.10. The lowest BCUT2D eigenvalue weighted by atomic mass is 10.1. The van der Waals surface area contributed by atoms with E-state index in [4.69, 9.17) is 0 Å². The fourth-order valence-electron chi connectivity index (χ4n) is 1.81. The summed E-state index contributed by atoms with van der Waals surface area (Å²) in [5.41, 5.74) is 2.47. The molecule has 1 amide bonds. The zero-order chi connectivity index (χ0) is 12.3. The minimum Gasteiger partial charge on any atom is -0.352 e. The lowest BCUT2D eigenvalue weighted by Gasteiger charge is -2.14. The molecule has 0 unspecified atom stereocenters. The minimum absolute atomic E-state index is 0.104. The first kappa shape index (κ1) is 12.1. The molecule has 1 aliphatic rings. The Morgan fingerprint density at radius 1 is 1.47 bits per heavy atom. The molecule has 0 saturated heterocycles. The molecule has 1 aliphatic carbocycles. The van der Waals surface area contributed by atoms with Crippen LogP contribution in [0.1, 0.15) is 36.9 Å². The first-order valence-electron chi connectivity index (χ1n) is 6.24. The van der Waals surface area contributed by atoms with E-state index in [2.05, 4.69) is 42.7 Å². The normalized spacial score (nSPS) is 16.6. The summed E-state index contributed by atoms with van der Waals surface area (Å²) in [6, 6.07) is 9.02. The number of amides is 1. The summed E-state index contributed by atoms with van der Waals surface area (Å²) in [5, 5.41) is 6.22. The van der Waals surface area contributed by atoms with Gasteiger partial charge < -0.3 is 10.6 Å². The molecule has 92 valence electrons. The molecule has 1 aromatic carbocycles. The number of rotatable bonds is 5. The molecule has 1 atom stereocenters. The summed E-state index contributed by atoms with van der Waals surface area (Å²) < 4.78 is 0. The molecule has 0 heterocycles. The number of aryl methyl sites for hydroxylation is 1. The van der Waals surface area contributed by atoms with Crippen LogP contribution in [0.25, 0.3) is 0 Å². The first-order chi connectivity index (χ1) is 8.15. The maximum absolute atomic E-state index is 11.5. The molecule has 0 aromatic heterocycles. The van der Waals surface area contributed by atoms with E-state index in [1.165, 1.54) is 11.1 Å². The van der Waals surface area contributed by atoms with Crippen LogP contribution in [-0.2, 0) is 4.79 Å². The molecular formula is C14H20N2O.